The lowest BCUT2D eigenvalue weighted by Gasteiger charge is -2.11. The van der Waals surface area contributed by atoms with Crippen LogP contribution in [-0.4, -0.2) is 9.78 Å². The largest absolute Gasteiger partial charge is 0.472 e. The summed E-state index contributed by atoms with van der Waals surface area (Å²) in [7, 11) is 0. The summed E-state index contributed by atoms with van der Waals surface area (Å²) in [6.07, 6.45) is 3.37. The van der Waals surface area contributed by atoms with Gasteiger partial charge < -0.3 is 10.2 Å². The van der Waals surface area contributed by atoms with Crippen molar-refractivity contribution in [1.29, 1.82) is 0 Å². The van der Waals surface area contributed by atoms with E-state index in [1.54, 1.807) is 12.5 Å². The summed E-state index contributed by atoms with van der Waals surface area (Å²) in [4.78, 5) is 0. The molecule has 2 rings (SSSR count). The lowest BCUT2D eigenvalue weighted by atomic mass is 10.2. The number of nitrogen functional groups attached to an aromatic ring is 1. The molecule has 80 valence electrons. The summed E-state index contributed by atoms with van der Waals surface area (Å²) in [5, 5.41) is 4.41. The molecule has 0 aliphatic rings. The quantitative estimate of drug-likeness (QED) is 0.866. The molecular weight excluding hydrogens is 305 g/mol. The molecule has 2 aromatic heterocycles. The van der Waals surface area contributed by atoms with Gasteiger partial charge in [-0.15, -0.1) is 0 Å². The average molecular weight is 317 g/mol. The van der Waals surface area contributed by atoms with Gasteiger partial charge in [-0.1, -0.05) is 0 Å². The monoisotopic (exact) mass is 317 g/mol. The van der Waals surface area contributed by atoms with Crippen LogP contribution in [0.15, 0.2) is 23.0 Å². The molecule has 0 radical (unpaired) electrons. The molecule has 2 aromatic rings. The highest BCUT2D eigenvalue weighted by molar-refractivity contribution is 14.1. The Labute approximate surface area is 102 Å². The van der Waals surface area contributed by atoms with E-state index in [1.165, 1.54) is 0 Å². The summed E-state index contributed by atoms with van der Waals surface area (Å²) in [5.74, 6) is 0.710. The minimum absolute atomic E-state index is 0.103. The first-order chi connectivity index (χ1) is 7.11. The van der Waals surface area contributed by atoms with Gasteiger partial charge >= 0.3 is 0 Å². The van der Waals surface area contributed by atoms with Gasteiger partial charge in [-0.2, -0.15) is 5.10 Å². The van der Waals surface area contributed by atoms with E-state index >= 15 is 0 Å². The van der Waals surface area contributed by atoms with Crippen molar-refractivity contribution in [3.63, 3.8) is 0 Å². The van der Waals surface area contributed by atoms with Crippen LogP contribution in [0.1, 0.15) is 24.2 Å². The maximum atomic E-state index is 5.97. The molecule has 0 aliphatic carbocycles. The molecule has 2 N–H and O–H groups in total. The minimum atomic E-state index is 0.103. The van der Waals surface area contributed by atoms with Crippen molar-refractivity contribution in [3.8, 4) is 0 Å². The van der Waals surface area contributed by atoms with E-state index in [0.29, 0.717) is 5.82 Å². The molecule has 0 amide bonds. The zero-order chi connectivity index (χ0) is 11.0. The van der Waals surface area contributed by atoms with Gasteiger partial charge in [0.1, 0.15) is 5.82 Å². The summed E-state index contributed by atoms with van der Waals surface area (Å²) in [5.41, 5.74) is 8.00. The van der Waals surface area contributed by atoms with E-state index in [0.717, 1.165) is 14.8 Å². The Balaban J connectivity index is 2.42. The molecule has 2 heterocycles. The van der Waals surface area contributed by atoms with Gasteiger partial charge in [0.2, 0.25) is 0 Å². The number of nitrogens with two attached hydrogens (primary N) is 1. The van der Waals surface area contributed by atoms with Gasteiger partial charge in [0.25, 0.3) is 0 Å². The van der Waals surface area contributed by atoms with Crippen LogP contribution in [0.5, 0.6) is 0 Å². The number of hydrogen-bond donors (Lipinski definition) is 1. The first-order valence-corrected chi connectivity index (χ1v) is 5.71. The lowest BCUT2D eigenvalue weighted by molar-refractivity contribution is 0.535. The van der Waals surface area contributed by atoms with Crippen LogP contribution < -0.4 is 5.73 Å². The van der Waals surface area contributed by atoms with Gasteiger partial charge in [-0.25, -0.2) is 4.68 Å². The molecule has 4 nitrogen and oxygen atoms in total. The third-order valence-electron chi connectivity index (χ3n) is 2.44. The Hall–Kier alpha value is -0.980. The zero-order valence-electron chi connectivity index (χ0n) is 8.57. The van der Waals surface area contributed by atoms with E-state index in [2.05, 4.69) is 27.7 Å². The second-order valence-corrected chi connectivity index (χ2v) is 4.54. The number of aryl methyl sites for hydroxylation is 1. The van der Waals surface area contributed by atoms with Crippen LogP contribution >= 0.6 is 22.6 Å². The van der Waals surface area contributed by atoms with Gasteiger partial charge in [-0.3, -0.25) is 0 Å². The number of nitrogens with zero attached hydrogens (tertiary/aromatic N) is 2. The van der Waals surface area contributed by atoms with Crippen molar-refractivity contribution >= 4 is 28.4 Å². The van der Waals surface area contributed by atoms with Crippen LogP contribution in [-0.2, 0) is 0 Å². The Kier molecular flexibility index (Phi) is 2.72. The summed E-state index contributed by atoms with van der Waals surface area (Å²) < 4.78 is 7.89. The van der Waals surface area contributed by atoms with Crippen LogP contribution in [0.2, 0.25) is 0 Å². The number of hydrogen-bond acceptors (Lipinski definition) is 3. The molecule has 0 aromatic carbocycles. The van der Waals surface area contributed by atoms with Crippen molar-refractivity contribution in [2.75, 3.05) is 5.73 Å². The summed E-state index contributed by atoms with van der Waals surface area (Å²) in [6.45, 7) is 4.00. The maximum absolute atomic E-state index is 5.97. The SMILES string of the molecule is Cc1nn(C(C)c2ccoc2)c(N)c1I. The van der Waals surface area contributed by atoms with Crippen LogP contribution in [0.25, 0.3) is 0 Å². The highest BCUT2D eigenvalue weighted by Gasteiger charge is 2.16. The Morgan fingerprint density at radius 3 is 2.80 bits per heavy atom. The van der Waals surface area contributed by atoms with E-state index in [9.17, 15) is 0 Å². The number of halogens is 1. The van der Waals surface area contributed by atoms with Crippen molar-refractivity contribution in [1.82, 2.24) is 9.78 Å². The topological polar surface area (TPSA) is 57.0 Å². The van der Waals surface area contributed by atoms with E-state index in [1.807, 2.05) is 24.6 Å². The van der Waals surface area contributed by atoms with Gasteiger partial charge in [0.05, 0.1) is 27.8 Å². The van der Waals surface area contributed by atoms with Gasteiger partial charge in [-0.05, 0) is 42.5 Å². The summed E-state index contributed by atoms with van der Waals surface area (Å²) in [6, 6.07) is 2.03. The van der Waals surface area contributed by atoms with Crippen LogP contribution in [0.3, 0.4) is 0 Å². The van der Waals surface area contributed by atoms with Crippen LogP contribution in [0.4, 0.5) is 5.82 Å². The first kappa shape index (κ1) is 10.5. The third-order valence-corrected chi connectivity index (χ3v) is 3.77. The van der Waals surface area contributed by atoms with Crippen molar-refractivity contribution in [2.24, 2.45) is 0 Å². The third kappa shape index (κ3) is 1.75. The second-order valence-electron chi connectivity index (χ2n) is 3.46. The normalized spacial score (nSPS) is 13.0. The molecular formula is C10H12IN3O. The Morgan fingerprint density at radius 2 is 2.33 bits per heavy atom. The fourth-order valence-electron chi connectivity index (χ4n) is 1.49. The highest BCUT2D eigenvalue weighted by atomic mass is 127. The molecule has 15 heavy (non-hydrogen) atoms. The predicted molar refractivity (Wildman–Crippen MR) is 66.6 cm³/mol. The molecule has 0 bridgehead atoms. The molecule has 0 aliphatic heterocycles. The smallest absolute Gasteiger partial charge is 0.136 e. The van der Waals surface area contributed by atoms with E-state index in [4.69, 9.17) is 10.2 Å². The lowest BCUT2D eigenvalue weighted by Crippen LogP contribution is -2.11. The Bertz CT molecular complexity index is 461. The highest BCUT2D eigenvalue weighted by Crippen LogP contribution is 2.25. The number of aromatic nitrogens is 2. The Morgan fingerprint density at radius 1 is 1.60 bits per heavy atom. The van der Waals surface area contributed by atoms with E-state index in [-0.39, 0.29) is 6.04 Å². The van der Waals surface area contributed by atoms with Gasteiger partial charge in [0.15, 0.2) is 0 Å². The predicted octanol–water partition coefficient (Wildman–Crippen LogP) is 2.58. The summed E-state index contributed by atoms with van der Waals surface area (Å²) >= 11 is 2.21. The molecule has 5 heteroatoms. The fraction of sp³-hybridized carbons (Fsp3) is 0.300. The maximum Gasteiger partial charge on any atom is 0.136 e. The molecule has 1 unspecified atom stereocenters. The fourth-order valence-corrected chi connectivity index (χ4v) is 1.85. The second kappa shape index (κ2) is 3.88. The number of rotatable bonds is 2. The molecule has 0 fully saturated rings. The van der Waals surface area contributed by atoms with E-state index < -0.39 is 0 Å². The molecule has 0 saturated carbocycles. The first-order valence-electron chi connectivity index (χ1n) is 4.63. The standard InChI is InChI=1S/C10H12IN3O/c1-6-9(11)10(12)14(13-6)7(2)8-3-4-15-5-8/h3-5,7H,12H2,1-2H3. The minimum Gasteiger partial charge on any atom is -0.472 e. The molecule has 0 spiro atoms. The average Bonchev–Trinajstić information content (AvgIpc) is 2.82. The molecule has 0 saturated heterocycles. The van der Waals surface area contributed by atoms with Gasteiger partial charge in [0, 0.05) is 5.56 Å². The van der Waals surface area contributed by atoms with Crippen molar-refractivity contribution in [3.05, 3.63) is 33.4 Å². The number of furan rings is 1. The van der Waals surface area contributed by atoms with Crippen LogP contribution in [0, 0.1) is 10.5 Å². The van der Waals surface area contributed by atoms with Crippen molar-refractivity contribution < 1.29 is 4.42 Å². The molecule has 1 atom stereocenters. The van der Waals surface area contributed by atoms with Crippen molar-refractivity contribution in [2.45, 2.75) is 19.9 Å². The zero-order valence-corrected chi connectivity index (χ0v) is 10.7. The number of anilines is 1.